The summed E-state index contributed by atoms with van der Waals surface area (Å²) in [5.41, 5.74) is 1.33. The van der Waals surface area contributed by atoms with Gasteiger partial charge in [-0.25, -0.2) is 4.98 Å². The predicted octanol–water partition coefficient (Wildman–Crippen LogP) is 3.10. The molecular weight excluding hydrogens is 326 g/mol. The van der Waals surface area contributed by atoms with Crippen molar-refractivity contribution in [1.29, 1.82) is 0 Å². The van der Waals surface area contributed by atoms with Gasteiger partial charge in [-0.3, -0.25) is 9.69 Å². The summed E-state index contributed by atoms with van der Waals surface area (Å²) in [6.07, 6.45) is 2.23. The fourth-order valence-electron chi connectivity index (χ4n) is 3.82. The van der Waals surface area contributed by atoms with Crippen LogP contribution in [0.4, 0.5) is 0 Å². The normalized spacial score (nSPS) is 16.7. The monoisotopic (exact) mass is 355 g/mol. The number of rotatable bonds is 7. The highest BCUT2D eigenvalue weighted by Gasteiger charge is 2.27. The van der Waals surface area contributed by atoms with Crippen LogP contribution in [0.2, 0.25) is 0 Å². The third kappa shape index (κ3) is 4.40. The number of pyridine rings is 1. The standard InChI is InChI=1S/C21H29N3O2/c1-3-16(4-2)20(24-11-13-26-14-12-24)15-22-21(25)19-10-9-17-7-5-6-8-18(17)23-19/h5-10,16,20H,3-4,11-15H2,1-2H3,(H,22,25)/t20-/m1/s1. The highest BCUT2D eigenvalue weighted by molar-refractivity contribution is 5.94. The zero-order valence-electron chi connectivity index (χ0n) is 15.8. The predicted molar refractivity (Wildman–Crippen MR) is 104 cm³/mol. The van der Waals surface area contributed by atoms with Crippen molar-refractivity contribution in [3.05, 3.63) is 42.1 Å². The second kappa shape index (κ2) is 9.10. The molecule has 1 N–H and O–H groups in total. The smallest absolute Gasteiger partial charge is 0.269 e. The Bertz CT molecular complexity index is 724. The van der Waals surface area contributed by atoms with Crippen LogP contribution in [-0.2, 0) is 4.74 Å². The summed E-state index contributed by atoms with van der Waals surface area (Å²) in [4.78, 5) is 19.6. The Morgan fingerprint density at radius 3 is 2.62 bits per heavy atom. The van der Waals surface area contributed by atoms with Crippen molar-refractivity contribution in [2.45, 2.75) is 32.7 Å². The van der Waals surface area contributed by atoms with E-state index < -0.39 is 0 Å². The van der Waals surface area contributed by atoms with Crippen LogP contribution in [0.5, 0.6) is 0 Å². The van der Waals surface area contributed by atoms with Crippen molar-refractivity contribution in [3.63, 3.8) is 0 Å². The maximum absolute atomic E-state index is 12.7. The number of amides is 1. The molecule has 0 unspecified atom stereocenters. The second-order valence-electron chi connectivity index (χ2n) is 6.89. The van der Waals surface area contributed by atoms with E-state index in [4.69, 9.17) is 4.74 Å². The first-order valence-electron chi connectivity index (χ1n) is 9.68. The molecule has 0 spiro atoms. The van der Waals surface area contributed by atoms with E-state index in [0.717, 1.165) is 50.0 Å². The molecule has 2 heterocycles. The van der Waals surface area contributed by atoms with E-state index in [0.29, 0.717) is 24.2 Å². The summed E-state index contributed by atoms with van der Waals surface area (Å²) < 4.78 is 5.49. The number of hydrogen-bond acceptors (Lipinski definition) is 4. The van der Waals surface area contributed by atoms with Gasteiger partial charge in [0.1, 0.15) is 5.69 Å². The Balaban J connectivity index is 1.69. The third-order valence-electron chi connectivity index (χ3n) is 5.41. The number of nitrogens with one attached hydrogen (secondary N) is 1. The topological polar surface area (TPSA) is 54.5 Å². The van der Waals surface area contributed by atoms with Crippen LogP contribution in [0.25, 0.3) is 10.9 Å². The Morgan fingerprint density at radius 1 is 1.15 bits per heavy atom. The maximum atomic E-state index is 12.7. The number of carbonyl (C=O) groups is 1. The lowest BCUT2D eigenvalue weighted by atomic mass is 9.92. The third-order valence-corrected chi connectivity index (χ3v) is 5.41. The Morgan fingerprint density at radius 2 is 1.88 bits per heavy atom. The molecule has 1 aliphatic heterocycles. The molecule has 1 aromatic heterocycles. The minimum Gasteiger partial charge on any atom is -0.379 e. The minimum absolute atomic E-state index is 0.0973. The summed E-state index contributed by atoms with van der Waals surface area (Å²) in [5, 5.41) is 4.17. The number of fused-ring (bicyclic) bond motifs is 1. The van der Waals surface area contributed by atoms with Crippen molar-refractivity contribution in [2.75, 3.05) is 32.8 Å². The molecule has 5 nitrogen and oxygen atoms in total. The summed E-state index contributed by atoms with van der Waals surface area (Å²) >= 11 is 0. The minimum atomic E-state index is -0.0973. The molecule has 140 valence electrons. The Hall–Kier alpha value is -1.98. The number of hydrogen-bond donors (Lipinski definition) is 1. The highest BCUT2D eigenvalue weighted by atomic mass is 16.5. The van der Waals surface area contributed by atoms with Gasteiger partial charge in [-0.1, -0.05) is 51.0 Å². The average Bonchev–Trinajstić information content (AvgIpc) is 2.71. The average molecular weight is 355 g/mol. The zero-order valence-corrected chi connectivity index (χ0v) is 15.8. The molecule has 2 aromatic rings. The fourth-order valence-corrected chi connectivity index (χ4v) is 3.82. The van der Waals surface area contributed by atoms with Crippen LogP contribution >= 0.6 is 0 Å². The number of morpholine rings is 1. The molecule has 1 amide bonds. The maximum Gasteiger partial charge on any atom is 0.269 e. The lowest BCUT2D eigenvalue weighted by molar-refractivity contribution is 0.00190. The number of carbonyl (C=O) groups excluding carboxylic acids is 1. The van der Waals surface area contributed by atoms with E-state index in [1.54, 1.807) is 6.07 Å². The van der Waals surface area contributed by atoms with E-state index in [2.05, 4.69) is 29.0 Å². The molecule has 1 fully saturated rings. The van der Waals surface area contributed by atoms with Crippen LogP contribution in [0.1, 0.15) is 37.2 Å². The van der Waals surface area contributed by atoms with Gasteiger partial charge in [0.05, 0.1) is 18.7 Å². The summed E-state index contributed by atoms with van der Waals surface area (Å²) in [6.45, 7) is 8.53. The van der Waals surface area contributed by atoms with Crippen LogP contribution in [-0.4, -0.2) is 54.7 Å². The van der Waals surface area contributed by atoms with E-state index in [9.17, 15) is 4.79 Å². The quantitative estimate of drug-likeness (QED) is 0.829. The largest absolute Gasteiger partial charge is 0.379 e. The van der Waals surface area contributed by atoms with Gasteiger partial charge in [-0.15, -0.1) is 0 Å². The number of nitrogens with zero attached hydrogens (tertiary/aromatic N) is 2. The molecule has 5 heteroatoms. The first-order valence-corrected chi connectivity index (χ1v) is 9.68. The molecule has 0 radical (unpaired) electrons. The van der Waals surface area contributed by atoms with Gasteiger partial charge >= 0.3 is 0 Å². The first-order chi connectivity index (χ1) is 12.7. The molecule has 1 aromatic carbocycles. The molecular formula is C21H29N3O2. The summed E-state index contributed by atoms with van der Waals surface area (Å²) in [5.74, 6) is 0.470. The molecule has 1 aliphatic rings. The molecule has 0 saturated carbocycles. The van der Waals surface area contributed by atoms with Gasteiger partial charge in [0, 0.05) is 31.1 Å². The van der Waals surface area contributed by atoms with Crippen LogP contribution in [0, 0.1) is 5.92 Å². The first kappa shape index (κ1) is 18.8. The van der Waals surface area contributed by atoms with Crippen molar-refractivity contribution in [1.82, 2.24) is 15.2 Å². The number of ether oxygens (including phenoxy) is 1. The van der Waals surface area contributed by atoms with Gasteiger partial charge in [0.15, 0.2) is 0 Å². The molecule has 3 rings (SSSR count). The van der Waals surface area contributed by atoms with Gasteiger partial charge < -0.3 is 10.1 Å². The number of aromatic nitrogens is 1. The van der Waals surface area contributed by atoms with Crippen molar-refractivity contribution in [3.8, 4) is 0 Å². The van der Waals surface area contributed by atoms with Gasteiger partial charge in [-0.2, -0.15) is 0 Å². The second-order valence-corrected chi connectivity index (χ2v) is 6.89. The van der Waals surface area contributed by atoms with Gasteiger partial charge in [0.25, 0.3) is 5.91 Å². The van der Waals surface area contributed by atoms with E-state index in [1.165, 1.54) is 0 Å². The van der Waals surface area contributed by atoms with Crippen molar-refractivity contribution < 1.29 is 9.53 Å². The molecule has 1 saturated heterocycles. The van der Waals surface area contributed by atoms with E-state index >= 15 is 0 Å². The lowest BCUT2D eigenvalue weighted by Gasteiger charge is -2.38. The zero-order chi connectivity index (χ0) is 18.4. The molecule has 26 heavy (non-hydrogen) atoms. The van der Waals surface area contributed by atoms with Crippen LogP contribution < -0.4 is 5.32 Å². The number of para-hydroxylation sites is 1. The van der Waals surface area contributed by atoms with E-state index in [1.807, 2.05) is 30.3 Å². The SMILES string of the molecule is CCC(CC)[C@@H](CNC(=O)c1ccc2ccccc2n1)N1CCOCC1. The van der Waals surface area contributed by atoms with Crippen LogP contribution in [0.3, 0.4) is 0 Å². The summed E-state index contributed by atoms with van der Waals surface area (Å²) in [7, 11) is 0. The highest BCUT2D eigenvalue weighted by Crippen LogP contribution is 2.20. The van der Waals surface area contributed by atoms with E-state index in [-0.39, 0.29) is 5.91 Å². The van der Waals surface area contributed by atoms with Crippen molar-refractivity contribution in [2.24, 2.45) is 5.92 Å². The van der Waals surface area contributed by atoms with Gasteiger partial charge in [-0.05, 0) is 18.1 Å². The summed E-state index contributed by atoms with van der Waals surface area (Å²) in [6, 6.07) is 12.0. The van der Waals surface area contributed by atoms with Crippen LogP contribution in [0.15, 0.2) is 36.4 Å². The van der Waals surface area contributed by atoms with Crippen molar-refractivity contribution >= 4 is 16.8 Å². The lowest BCUT2D eigenvalue weighted by Crippen LogP contribution is -2.52. The Kier molecular flexibility index (Phi) is 6.58. The fraction of sp³-hybridized carbons (Fsp3) is 0.524. The molecule has 0 aliphatic carbocycles. The molecule has 1 atom stereocenters. The van der Waals surface area contributed by atoms with Gasteiger partial charge in [0.2, 0.25) is 0 Å². The Labute approximate surface area is 155 Å². The number of benzene rings is 1. The molecule has 0 bridgehead atoms.